The third kappa shape index (κ3) is 6.23. The van der Waals surface area contributed by atoms with E-state index >= 15 is 0 Å². The molecular weight excluding hydrogens is 250 g/mol. The van der Waals surface area contributed by atoms with E-state index in [-0.39, 0.29) is 18.0 Å². The van der Waals surface area contributed by atoms with Crippen LogP contribution in [0.4, 0.5) is 0 Å². The largest absolute Gasteiger partial charge is 0.352 e. The monoisotopic (exact) mass is 283 g/mol. The standard InChI is InChI=1S/C16H33N3O/c1-5-8-13(2)18-16(20)14(3)19(4)12-10-15-9-6-7-11-17-15/h13-15,17H,5-12H2,1-4H3,(H,18,20). The second kappa shape index (κ2) is 9.35. The quantitative estimate of drug-likeness (QED) is 0.717. The lowest BCUT2D eigenvalue weighted by Gasteiger charge is -2.29. The van der Waals surface area contributed by atoms with E-state index in [0.717, 1.165) is 32.4 Å². The zero-order valence-corrected chi connectivity index (χ0v) is 13.7. The number of amides is 1. The highest BCUT2D eigenvalue weighted by atomic mass is 16.2. The average molecular weight is 283 g/mol. The van der Waals surface area contributed by atoms with Crippen molar-refractivity contribution in [2.24, 2.45) is 0 Å². The highest BCUT2D eigenvalue weighted by Gasteiger charge is 2.20. The molecule has 1 aliphatic rings. The highest BCUT2D eigenvalue weighted by Crippen LogP contribution is 2.11. The number of nitrogens with one attached hydrogen (secondary N) is 2. The van der Waals surface area contributed by atoms with E-state index in [1.165, 1.54) is 19.3 Å². The van der Waals surface area contributed by atoms with Gasteiger partial charge in [-0.25, -0.2) is 0 Å². The highest BCUT2D eigenvalue weighted by molar-refractivity contribution is 5.81. The maximum Gasteiger partial charge on any atom is 0.237 e. The molecule has 2 N–H and O–H groups in total. The number of nitrogens with zero attached hydrogens (tertiary/aromatic N) is 1. The molecule has 0 aromatic heterocycles. The smallest absolute Gasteiger partial charge is 0.237 e. The number of carbonyl (C=O) groups excluding carboxylic acids is 1. The molecule has 3 atom stereocenters. The van der Waals surface area contributed by atoms with Crippen LogP contribution >= 0.6 is 0 Å². The Kier molecular flexibility index (Phi) is 8.15. The van der Waals surface area contributed by atoms with Crippen molar-refractivity contribution in [3.05, 3.63) is 0 Å². The lowest BCUT2D eigenvalue weighted by atomic mass is 10.0. The summed E-state index contributed by atoms with van der Waals surface area (Å²) in [5.74, 6) is 0.157. The Labute approximate surface area is 124 Å². The summed E-state index contributed by atoms with van der Waals surface area (Å²) in [5, 5.41) is 6.67. The molecule has 4 nitrogen and oxygen atoms in total. The molecule has 1 saturated heterocycles. The third-order valence-corrected chi connectivity index (χ3v) is 4.39. The van der Waals surface area contributed by atoms with Gasteiger partial charge >= 0.3 is 0 Å². The van der Waals surface area contributed by atoms with E-state index in [4.69, 9.17) is 0 Å². The van der Waals surface area contributed by atoms with Crippen molar-refractivity contribution in [2.75, 3.05) is 20.1 Å². The van der Waals surface area contributed by atoms with E-state index in [2.05, 4.69) is 36.4 Å². The van der Waals surface area contributed by atoms with Gasteiger partial charge in [0.05, 0.1) is 6.04 Å². The van der Waals surface area contributed by atoms with Crippen molar-refractivity contribution in [2.45, 2.75) is 77.4 Å². The summed E-state index contributed by atoms with van der Waals surface area (Å²) in [6.07, 6.45) is 7.22. The van der Waals surface area contributed by atoms with Gasteiger partial charge in [0.25, 0.3) is 0 Å². The molecule has 0 aliphatic carbocycles. The van der Waals surface area contributed by atoms with Crippen LogP contribution in [0.25, 0.3) is 0 Å². The van der Waals surface area contributed by atoms with Gasteiger partial charge in [0.15, 0.2) is 0 Å². The number of likely N-dealkylation sites (N-methyl/N-ethyl adjacent to an activating group) is 1. The van der Waals surface area contributed by atoms with E-state index in [1.807, 2.05) is 6.92 Å². The molecule has 0 radical (unpaired) electrons. The summed E-state index contributed by atoms with van der Waals surface area (Å²) in [6.45, 7) is 8.37. The Morgan fingerprint density at radius 2 is 2.15 bits per heavy atom. The first kappa shape index (κ1) is 17.4. The minimum atomic E-state index is -0.0436. The molecule has 1 rings (SSSR count). The Bertz CT molecular complexity index is 277. The molecule has 0 bridgehead atoms. The maximum atomic E-state index is 12.2. The first-order valence-electron chi connectivity index (χ1n) is 8.28. The minimum absolute atomic E-state index is 0.0436. The van der Waals surface area contributed by atoms with Crippen molar-refractivity contribution in [1.82, 2.24) is 15.5 Å². The zero-order valence-electron chi connectivity index (χ0n) is 13.7. The van der Waals surface area contributed by atoms with Gasteiger partial charge in [-0.1, -0.05) is 19.8 Å². The molecule has 1 heterocycles. The fourth-order valence-corrected chi connectivity index (χ4v) is 2.79. The summed E-state index contributed by atoms with van der Waals surface area (Å²) in [6, 6.07) is 0.877. The fraction of sp³-hybridized carbons (Fsp3) is 0.938. The second-order valence-corrected chi connectivity index (χ2v) is 6.29. The number of hydrogen-bond acceptors (Lipinski definition) is 3. The lowest BCUT2D eigenvalue weighted by Crippen LogP contribution is -2.47. The van der Waals surface area contributed by atoms with Crippen molar-refractivity contribution in [3.63, 3.8) is 0 Å². The molecule has 1 amide bonds. The van der Waals surface area contributed by atoms with E-state index in [1.54, 1.807) is 0 Å². The first-order valence-corrected chi connectivity index (χ1v) is 8.28. The second-order valence-electron chi connectivity index (χ2n) is 6.29. The molecule has 0 aromatic carbocycles. The third-order valence-electron chi connectivity index (χ3n) is 4.39. The first-order chi connectivity index (χ1) is 9.54. The topological polar surface area (TPSA) is 44.4 Å². The van der Waals surface area contributed by atoms with Crippen LogP contribution < -0.4 is 10.6 Å². The minimum Gasteiger partial charge on any atom is -0.352 e. The summed E-state index contributed by atoms with van der Waals surface area (Å²) in [7, 11) is 2.05. The molecule has 0 saturated carbocycles. The zero-order chi connectivity index (χ0) is 15.0. The normalized spacial score (nSPS) is 22.6. The van der Waals surface area contributed by atoms with Crippen LogP contribution in [-0.2, 0) is 4.79 Å². The fourth-order valence-electron chi connectivity index (χ4n) is 2.79. The van der Waals surface area contributed by atoms with Crippen LogP contribution in [-0.4, -0.2) is 49.1 Å². The molecule has 1 aliphatic heterocycles. The van der Waals surface area contributed by atoms with Gasteiger partial charge in [-0.2, -0.15) is 0 Å². The average Bonchev–Trinajstić information content (AvgIpc) is 2.45. The van der Waals surface area contributed by atoms with Crippen molar-refractivity contribution in [3.8, 4) is 0 Å². The van der Waals surface area contributed by atoms with Crippen LogP contribution in [0.2, 0.25) is 0 Å². The molecule has 1 fully saturated rings. The molecule has 20 heavy (non-hydrogen) atoms. The van der Waals surface area contributed by atoms with E-state index in [9.17, 15) is 4.79 Å². The van der Waals surface area contributed by atoms with Gasteiger partial charge in [-0.15, -0.1) is 0 Å². The Hall–Kier alpha value is -0.610. The van der Waals surface area contributed by atoms with Gasteiger partial charge in [0, 0.05) is 18.6 Å². The van der Waals surface area contributed by atoms with Crippen molar-refractivity contribution >= 4 is 5.91 Å². The van der Waals surface area contributed by atoms with Crippen LogP contribution in [0.15, 0.2) is 0 Å². The van der Waals surface area contributed by atoms with Crippen molar-refractivity contribution in [1.29, 1.82) is 0 Å². The van der Waals surface area contributed by atoms with Crippen LogP contribution in [0.3, 0.4) is 0 Å². The van der Waals surface area contributed by atoms with Gasteiger partial charge in [-0.3, -0.25) is 9.69 Å². The predicted molar refractivity (Wildman–Crippen MR) is 84.9 cm³/mol. The van der Waals surface area contributed by atoms with E-state index in [0.29, 0.717) is 6.04 Å². The number of hydrogen-bond donors (Lipinski definition) is 2. The Balaban J connectivity index is 2.26. The van der Waals surface area contributed by atoms with Crippen LogP contribution in [0.1, 0.15) is 59.3 Å². The summed E-state index contributed by atoms with van der Waals surface area (Å²) >= 11 is 0. The van der Waals surface area contributed by atoms with Crippen molar-refractivity contribution < 1.29 is 4.79 Å². The van der Waals surface area contributed by atoms with Gasteiger partial charge in [0.2, 0.25) is 5.91 Å². The van der Waals surface area contributed by atoms with Gasteiger partial charge in [0.1, 0.15) is 0 Å². The van der Waals surface area contributed by atoms with Crippen LogP contribution in [0.5, 0.6) is 0 Å². The van der Waals surface area contributed by atoms with E-state index < -0.39 is 0 Å². The molecule has 0 aromatic rings. The Morgan fingerprint density at radius 1 is 1.40 bits per heavy atom. The van der Waals surface area contributed by atoms with Gasteiger partial charge in [-0.05, 0) is 53.1 Å². The number of piperidine rings is 1. The molecular formula is C16H33N3O. The number of carbonyl (C=O) groups is 1. The summed E-state index contributed by atoms with van der Waals surface area (Å²) < 4.78 is 0. The molecule has 0 spiro atoms. The van der Waals surface area contributed by atoms with Crippen LogP contribution in [0, 0.1) is 0 Å². The molecule has 4 heteroatoms. The SMILES string of the molecule is CCCC(C)NC(=O)C(C)N(C)CCC1CCCCN1. The molecule has 118 valence electrons. The lowest BCUT2D eigenvalue weighted by molar-refractivity contribution is -0.126. The Morgan fingerprint density at radius 3 is 2.75 bits per heavy atom. The summed E-state index contributed by atoms with van der Waals surface area (Å²) in [5.41, 5.74) is 0. The number of rotatable bonds is 8. The summed E-state index contributed by atoms with van der Waals surface area (Å²) in [4.78, 5) is 14.3. The van der Waals surface area contributed by atoms with Gasteiger partial charge < -0.3 is 10.6 Å². The predicted octanol–water partition coefficient (Wildman–Crippen LogP) is 2.14. The molecule has 3 unspecified atom stereocenters. The maximum absolute atomic E-state index is 12.2.